The standard InChI is InChI=1S/C14H21BrN2O2S.ClH/c1-10-9-14(11(2)8-13(10)15)20(18,19)17(3)12-4-6-16-7-5-12;/h8-9,12,16H,4-7H2,1-3H3;1H. The first kappa shape index (κ1) is 18.9. The number of rotatable bonds is 3. The van der Waals surface area contributed by atoms with Crippen LogP contribution in [0.1, 0.15) is 24.0 Å². The van der Waals surface area contributed by atoms with Crippen LogP contribution < -0.4 is 5.32 Å². The summed E-state index contributed by atoms with van der Waals surface area (Å²) in [6.07, 6.45) is 1.73. The summed E-state index contributed by atoms with van der Waals surface area (Å²) in [7, 11) is -1.73. The van der Waals surface area contributed by atoms with Crippen LogP contribution in [0.3, 0.4) is 0 Å². The fourth-order valence-electron chi connectivity index (χ4n) is 2.55. The van der Waals surface area contributed by atoms with Gasteiger partial charge >= 0.3 is 0 Å². The topological polar surface area (TPSA) is 49.4 Å². The minimum absolute atomic E-state index is 0. The summed E-state index contributed by atoms with van der Waals surface area (Å²) < 4.78 is 28.1. The molecular formula is C14H22BrClN2O2S. The van der Waals surface area contributed by atoms with Crippen LogP contribution in [-0.2, 0) is 10.0 Å². The monoisotopic (exact) mass is 396 g/mol. The number of halogens is 2. The summed E-state index contributed by atoms with van der Waals surface area (Å²) >= 11 is 3.44. The maximum atomic E-state index is 12.8. The van der Waals surface area contributed by atoms with Crippen molar-refractivity contribution in [2.75, 3.05) is 20.1 Å². The van der Waals surface area contributed by atoms with Gasteiger partial charge in [0.15, 0.2) is 0 Å². The number of nitrogens with zero attached hydrogens (tertiary/aromatic N) is 1. The largest absolute Gasteiger partial charge is 0.317 e. The summed E-state index contributed by atoms with van der Waals surface area (Å²) in [5.74, 6) is 0. The molecule has 0 aliphatic carbocycles. The number of nitrogens with one attached hydrogen (secondary N) is 1. The van der Waals surface area contributed by atoms with Crippen molar-refractivity contribution in [3.05, 3.63) is 27.7 Å². The van der Waals surface area contributed by atoms with Crippen molar-refractivity contribution in [3.63, 3.8) is 0 Å². The number of hydrogen-bond acceptors (Lipinski definition) is 3. The molecule has 1 aliphatic rings. The average molecular weight is 398 g/mol. The van der Waals surface area contributed by atoms with E-state index in [0.717, 1.165) is 41.5 Å². The van der Waals surface area contributed by atoms with Gasteiger partial charge in [-0.2, -0.15) is 4.31 Å². The van der Waals surface area contributed by atoms with Gasteiger partial charge < -0.3 is 5.32 Å². The molecule has 0 amide bonds. The Morgan fingerprint density at radius 3 is 2.33 bits per heavy atom. The van der Waals surface area contributed by atoms with E-state index in [1.165, 1.54) is 0 Å². The van der Waals surface area contributed by atoms with E-state index in [2.05, 4.69) is 21.2 Å². The Bertz CT molecular complexity index is 601. The Morgan fingerprint density at radius 2 is 1.76 bits per heavy atom. The smallest absolute Gasteiger partial charge is 0.243 e. The van der Waals surface area contributed by atoms with Gasteiger partial charge in [-0.25, -0.2) is 8.42 Å². The third-order valence-corrected chi connectivity index (χ3v) is 6.84. The highest BCUT2D eigenvalue weighted by atomic mass is 79.9. The van der Waals surface area contributed by atoms with Crippen LogP contribution in [0.4, 0.5) is 0 Å². The number of sulfonamides is 1. The van der Waals surface area contributed by atoms with Gasteiger partial charge in [0.25, 0.3) is 0 Å². The second-order valence-corrected chi connectivity index (χ2v) is 8.19. The zero-order valence-corrected chi connectivity index (χ0v) is 15.7. The molecule has 0 bridgehead atoms. The molecule has 0 unspecified atom stereocenters. The molecule has 1 saturated heterocycles. The minimum Gasteiger partial charge on any atom is -0.317 e. The average Bonchev–Trinajstić information content (AvgIpc) is 2.42. The summed E-state index contributed by atoms with van der Waals surface area (Å²) in [5, 5.41) is 3.26. The Kier molecular flexibility index (Phi) is 6.68. The number of benzene rings is 1. The molecular weight excluding hydrogens is 376 g/mol. The normalized spacial score (nSPS) is 16.8. The lowest BCUT2D eigenvalue weighted by Gasteiger charge is -2.31. The minimum atomic E-state index is -3.42. The van der Waals surface area contributed by atoms with Crippen LogP contribution in [0.2, 0.25) is 0 Å². The molecule has 0 atom stereocenters. The lowest BCUT2D eigenvalue weighted by atomic mass is 10.1. The van der Waals surface area contributed by atoms with Crippen molar-refractivity contribution in [1.82, 2.24) is 9.62 Å². The Labute approximate surface area is 141 Å². The van der Waals surface area contributed by atoms with Crippen LogP contribution in [0.15, 0.2) is 21.5 Å². The maximum Gasteiger partial charge on any atom is 0.243 e. The third kappa shape index (κ3) is 3.99. The van der Waals surface area contributed by atoms with Gasteiger partial charge in [-0.3, -0.25) is 0 Å². The van der Waals surface area contributed by atoms with Crippen LogP contribution in [-0.4, -0.2) is 38.9 Å². The summed E-state index contributed by atoms with van der Waals surface area (Å²) in [6, 6.07) is 3.72. The molecule has 120 valence electrons. The molecule has 0 radical (unpaired) electrons. The van der Waals surface area contributed by atoms with E-state index >= 15 is 0 Å². The van der Waals surface area contributed by atoms with Gasteiger partial charge in [-0.1, -0.05) is 15.9 Å². The summed E-state index contributed by atoms with van der Waals surface area (Å²) in [6.45, 7) is 5.51. The third-order valence-electron chi connectivity index (χ3n) is 3.94. The van der Waals surface area contributed by atoms with Gasteiger partial charge in [0.05, 0.1) is 4.90 Å². The van der Waals surface area contributed by atoms with Gasteiger partial charge in [0.1, 0.15) is 0 Å². The van der Waals surface area contributed by atoms with E-state index in [1.54, 1.807) is 17.4 Å². The zero-order valence-electron chi connectivity index (χ0n) is 12.5. The van der Waals surface area contributed by atoms with Crippen LogP contribution in [0, 0.1) is 13.8 Å². The maximum absolute atomic E-state index is 12.8. The molecule has 1 fully saturated rings. The summed E-state index contributed by atoms with van der Waals surface area (Å²) in [4.78, 5) is 0.416. The summed E-state index contributed by atoms with van der Waals surface area (Å²) in [5.41, 5.74) is 1.72. The van der Waals surface area contributed by atoms with E-state index in [4.69, 9.17) is 0 Å². The fraction of sp³-hybridized carbons (Fsp3) is 0.571. The molecule has 0 aromatic heterocycles. The molecule has 1 heterocycles. The van der Waals surface area contributed by atoms with Crippen molar-refractivity contribution >= 4 is 38.4 Å². The van der Waals surface area contributed by atoms with Gasteiger partial charge in [0.2, 0.25) is 10.0 Å². The van der Waals surface area contributed by atoms with Crippen LogP contribution >= 0.6 is 28.3 Å². The number of hydrogen-bond donors (Lipinski definition) is 1. The Balaban J connectivity index is 0.00000220. The zero-order chi connectivity index (χ0) is 14.9. The van der Waals surface area contributed by atoms with E-state index in [1.807, 2.05) is 19.9 Å². The second-order valence-electron chi connectivity index (χ2n) is 5.37. The molecule has 4 nitrogen and oxygen atoms in total. The van der Waals surface area contributed by atoms with E-state index in [0.29, 0.717) is 4.90 Å². The molecule has 1 N–H and O–H groups in total. The van der Waals surface area contributed by atoms with Crippen molar-refractivity contribution < 1.29 is 8.42 Å². The van der Waals surface area contributed by atoms with Crippen molar-refractivity contribution in [2.45, 2.75) is 37.6 Å². The number of aryl methyl sites for hydroxylation is 2. The van der Waals surface area contributed by atoms with Gasteiger partial charge in [-0.15, -0.1) is 12.4 Å². The van der Waals surface area contributed by atoms with Crippen LogP contribution in [0.5, 0.6) is 0 Å². The molecule has 0 saturated carbocycles. The lowest BCUT2D eigenvalue weighted by Crippen LogP contribution is -2.44. The SMILES string of the molecule is Cc1cc(S(=O)(=O)N(C)C2CCNCC2)c(C)cc1Br.Cl. The number of piperidine rings is 1. The first-order valence-corrected chi connectivity index (χ1v) is 9.03. The first-order chi connectivity index (χ1) is 9.34. The molecule has 1 aliphatic heterocycles. The highest BCUT2D eigenvalue weighted by Gasteiger charge is 2.30. The predicted molar refractivity (Wildman–Crippen MR) is 91.7 cm³/mol. The Morgan fingerprint density at radius 1 is 1.19 bits per heavy atom. The van der Waals surface area contributed by atoms with Crippen molar-refractivity contribution in [1.29, 1.82) is 0 Å². The van der Waals surface area contributed by atoms with E-state index in [9.17, 15) is 8.42 Å². The molecule has 21 heavy (non-hydrogen) atoms. The van der Waals surface area contributed by atoms with E-state index < -0.39 is 10.0 Å². The molecule has 2 rings (SSSR count). The molecule has 7 heteroatoms. The molecule has 1 aromatic carbocycles. The molecule has 0 spiro atoms. The van der Waals surface area contributed by atoms with E-state index in [-0.39, 0.29) is 18.4 Å². The quantitative estimate of drug-likeness (QED) is 0.853. The van der Waals surface area contributed by atoms with Gasteiger partial charge in [-0.05, 0) is 63.0 Å². The first-order valence-electron chi connectivity index (χ1n) is 6.79. The molecule has 1 aromatic rings. The highest BCUT2D eigenvalue weighted by Crippen LogP contribution is 2.28. The lowest BCUT2D eigenvalue weighted by molar-refractivity contribution is 0.296. The Hall–Kier alpha value is -0.140. The fourth-order valence-corrected chi connectivity index (χ4v) is 4.72. The second kappa shape index (κ2) is 7.42. The van der Waals surface area contributed by atoms with Crippen molar-refractivity contribution in [3.8, 4) is 0 Å². The van der Waals surface area contributed by atoms with Gasteiger partial charge in [0, 0.05) is 17.6 Å². The highest BCUT2D eigenvalue weighted by molar-refractivity contribution is 9.10. The predicted octanol–water partition coefficient (Wildman–Crippen LogP) is 2.86. The van der Waals surface area contributed by atoms with Crippen LogP contribution in [0.25, 0.3) is 0 Å². The van der Waals surface area contributed by atoms with Crippen molar-refractivity contribution in [2.24, 2.45) is 0 Å².